The van der Waals surface area contributed by atoms with E-state index in [1.807, 2.05) is 14.2 Å². The van der Waals surface area contributed by atoms with Crippen LogP contribution in [0.2, 0.25) is 11.1 Å². The molecule has 114 valence electrons. The van der Waals surface area contributed by atoms with E-state index >= 15 is 0 Å². The van der Waals surface area contributed by atoms with E-state index in [9.17, 15) is 0 Å². The SMILES string of the molecule is CO[Si](OC)(C1CCCCC1)C1C(C)=C(C)C(C)=C1C. The third-order valence-corrected chi connectivity index (χ3v) is 10.5. The molecule has 20 heavy (non-hydrogen) atoms. The molecule has 2 aliphatic carbocycles. The first-order valence-electron chi connectivity index (χ1n) is 7.95. The molecule has 0 radical (unpaired) electrons. The Balaban J connectivity index is 2.43. The molecule has 0 amide bonds. The largest absolute Gasteiger partial charge is 0.397 e. The van der Waals surface area contributed by atoms with Crippen molar-refractivity contribution in [2.75, 3.05) is 14.2 Å². The normalized spacial score (nSPS) is 23.1. The van der Waals surface area contributed by atoms with Gasteiger partial charge in [-0.2, -0.15) is 0 Å². The van der Waals surface area contributed by atoms with Gasteiger partial charge in [0.2, 0.25) is 0 Å². The molecule has 0 bridgehead atoms. The van der Waals surface area contributed by atoms with Gasteiger partial charge in [-0.3, -0.25) is 0 Å². The Bertz CT molecular complexity index is 402. The smallest absolute Gasteiger partial charge is 0.352 e. The molecule has 1 saturated carbocycles. The van der Waals surface area contributed by atoms with E-state index in [1.54, 1.807) is 0 Å². The molecule has 0 aromatic heterocycles. The van der Waals surface area contributed by atoms with Crippen molar-refractivity contribution >= 4 is 8.56 Å². The summed E-state index contributed by atoms with van der Waals surface area (Å²) in [5.41, 5.74) is 6.94. The Kier molecular flexibility index (Phi) is 4.93. The van der Waals surface area contributed by atoms with Gasteiger partial charge in [-0.1, -0.05) is 30.4 Å². The van der Waals surface area contributed by atoms with E-state index in [1.165, 1.54) is 54.4 Å². The van der Waals surface area contributed by atoms with Gasteiger partial charge in [0, 0.05) is 25.3 Å². The first-order chi connectivity index (χ1) is 9.49. The van der Waals surface area contributed by atoms with Crippen LogP contribution in [-0.2, 0) is 8.85 Å². The fourth-order valence-corrected chi connectivity index (χ4v) is 8.98. The third-order valence-electron chi connectivity index (χ3n) is 5.83. The zero-order valence-corrected chi connectivity index (χ0v) is 15.0. The van der Waals surface area contributed by atoms with E-state index in [4.69, 9.17) is 8.85 Å². The quantitative estimate of drug-likeness (QED) is 0.671. The molecule has 0 aliphatic heterocycles. The predicted octanol–water partition coefficient (Wildman–Crippen LogP) is 5.11. The van der Waals surface area contributed by atoms with Crippen LogP contribution in [0.15, 0.2) is 22.3 Å². The summed E-state index contributed by atoms with van der Waals surface area (Å²) in [6, 6.07) is 0. The topological polar surface area (TPSA) is 18.5 Å². The minimum atomic E-state index is -2.24. The fourth-order valence-electron chi connectivity index (χ4n) is 4.35. The summed E-state index contributed by atoms with van der Waals surface area (Å²) in [6.45, 7) is 9.06. The van der Waals surface area contributed by atoms with Crippen LogP contribution in [0, 0.1) is 0 Å². The minimum absolute atomic E-state index is 0.417. The summed E-state index contributed by atoms with van der Waals surface area (Å²) in [4.78, 5) is 0. The molecule has 0 heterocycles. The summed E-state index contributed by atoms with van der Waals surface area (Å²) in [5, 5.41) is 0. The van der Waals surface area contributed by atoms with Gasteiger partial charge in [-0.25, -0.2) is 0 Å². The Labute approximate surface area is 125 Å². The molecular weight excluding hydrogens is 264 g/mol. The standard InChI is InChI=1S/C17H30O2Si/c1-12-13(2)15(4)17(14(12)3)20(18-5,19-6)16-10-8-7-9-11-16/h16-17H,7-11H2,1-6H3. The highest BCUT2D eigenvalue weighted by Gasteiger charge is 2.54. The van der Waals surface area contributed by atoms with Crippen molar-refractivity contribution in [3.05, 3.63) is 22.3 Å². The molecule has 0 aromatic carbocycles. The molecule has 0 aromatic rings. The lowest BCUT2D eigenvalue weighted by Crippen LogP contribution is -2.50. The van der Waals surface area contributed by atoms with E-state index < -0.39 is 8.56 Å². The summed E-state index contributed by atoms with van der Waals surface area (Å²) in [5.74, 6) is 0. The van der Waals surface area contributed by atoms with Crippen LogP contribution in [-0.4, -0.2) is 22.8 Å². The number of hydrogen-bond acceptors (Lipinski definition) is 2. The van der Waals surface area contributed by atoms with Crippen molar-refractivity contribution in [2.45, 2.75) is 70.9 Å². The average Bonchev–Trinajstić information content (AvgIpc) is 2.68. The van der Waals surface area contributed by atoms with Gasteiger partial charge in [-0.15, -0.1) is 0 Å². The monoisotopic (exact) mass is 294 g/mol. The maximum atomic E-state index is 6.20. The molecule has 0 spiro atoms. The first kappa shape index (κ1) is 16.0. The number of hydrogen-bond donors (Lipinski definition) is 0. The molecule has 3 heteroatoms. The Morgan fingerprint density at radius 3 is 1.65 bits per heavy atom. The molecule has 0 saturated heterocycles. The van der Waals surface area contributed by atoms with Crippen molar-refractivity contribution in [1.82, 2.24) is 0 Å². The van der Waals surface area contributed by atoms with Gasteiger partial charge >= 0.3 is 8.56 Å². The molecule has 2 nitrogen and oxygen atoms in total. The van der Waals surface area contributed by atoms with Crippen molar-refractivity contribution in [2.24, 2.45) is 0 Å². The number of rotatable bonds is 4. The third kappa shape index (κ3) is 2.34. The highest BCUT2D eigenvalue weighted by Crippen LogP contribution is 2.53. The van der Waals surface area contributed by atoms with Crippen LogP contribution in [0.4, 0.5) is 0 Å². The predicted molar refractivity (Wildman–Crippen MR) is 87.1 cm³/mol. The van der Waals surface area contributed by atoms with E-state index in [-0.39, 0.29) is 0 Å². The zero-order chi connectivity index (χ0) is 14.9. The molecule has 2 aliphatic rings. The molecular formula is C17H30O2Si. The lowest BCUT2D eigenvalue weighted by atomic mass is 10.0. The average molecular weight is 295 g/mol. The van der Waals surface area contributed by atoms with Crippen LogP contribution in [0.25, 0.3) is 0 Å². The van der Waals surface area contributed by atoms with E-state index in [0.717, 1.165) is 0 Å². The van der Waals surface area contributed by atoms with Gasteiger partial charge in [0.15, 0.2) is 0 Å². The van der Waals surface area contributed by atoms with Gasteiger partial charge < -0.3 is 8.85 Å². The van der Waals surface area contributed by atoms with E-state index in [2.05, 4.69) is 27.7 Å². The molecule has 0 atom stereocenters. The minimum Gasteiger partial charge on any atom is -0.397 e. The van der Waals surface area contributed by atoms with Gasteiger partial charge in [0.05, 0.1) is 0 Å². The lowest BCUT2D eigenvalue weighted by Gasteiger charge is -2.42. The second-order valence-corrected chi connectivity index (χ2v) is 10.2. The van der Waals surface area contributed by atoms with Crippen molar-refractivity contribution in [3.8, 4) is 0 Å². The Hall–Kier alpha value is -0.383. The Morgan fingerprint density at radius 1 is 0.800 bits per heavy atom. The molecule has 0 N–H and O–H groups in total. The first-order valence-corrected chi connectivity index (χ1v) is 9.92. The highest BCUT2D eigenvalue weighted by atomic mass is 28.4. The fraction of sp³-hybridized carbons (Fsp3) is 0.765. The zero-order valence-electron chi connectivity index (χ0n) is 14.0. The summed E-state index contributed by atoms with van der Waals surface area (Å²) < 4.78 is 12.4. The van der Waals surface area contributed by atoms with Crippen molar-refractivity contribution < 1.29 is 8.85 Å². The molecule has 1 fully saturated rings. The van der Waals surface area contributed by atoms with Gasteiger partial charge in [0.25, 0.3) is 0 Å². The summed E-state index contributed by atoms with van der Waals surface area (Å²) in [6.07, 6.45) is 6.61. The van der Waals surface area contributed by atoms with E-state index in [0.29, 0.717) is 11.1 Å². The van der Waals surface area contributed by atoms with Gasteiger partial charge in [0.1, 0.15) is 0 Å². The maximum absolute atomic E-state index is 6.20. The van der Waals surface area contributed by atoms with Gasteiger partial charge in [-0.05, 0) is 51.7 Å². The lowest BCUT2D eigenvalue weighted by molar-refractivity contribution is 0.211. The second kappa shape index (κ2) is 6.16. The summed E-state index contributed by atoms with van der Waals surface area (Å²) >= 11 is 0. The number of allylic oxidation sites excluding steroid dienone is 4. The van der Waals surface area contributed by atoms with Crippen molar-refractivity contribution in [1.29, 1.82) is 0 Å². The van der Waals surface area contributed by atoms with Crippen LogP contribution < -0.4 is 0 Å². The maximum Gasteiger partial charge on any atom is 0.352 e. The summed E-state index contributed by atoms with van der Waals surface area (Å²) in [7, 11) is 1.53. The second-order valence-electron chi connectivity index (χ2n) is 6.51. The molecule has 2 rings (SSSR count). The van der Waals surface area contributed by atoms with Crippen molar-refractivity contribution in [3.63, 3.8) is 0 Å². The van der Waals surface area contributed by atoms with Crippen LogP contribution in [0.1, 0.15) is 59.8 Å². The Morgan fingerprint density at radius 2 is 1.25 bits per heavy atom. The van der Waals surface area contributed by atoms with Crippen LogP contribution in [0.3, 0.4) is 0 Å². The highest BCUT2D eigenvalue weighted by molar-refractivity contribution is 6.72. The molecule has 0 unspecified atom stereocenters. The van der Waals surface area contributed by atoms with Crippen LogP contribution >= 0.6 is 0 Å². The van der Waals surface area contributed by atoms with Crippen LogP contribution in [0.5, 0.6) is 0 Å².